The van der Waals surface area contributed by atoms with Crippen molar-refractivity contribution in [2.75, 3.05) is 6.61 Å². The lowest BCUT2D eigenvalue weighted by Gasteiger charge is -2.03. The van der Waals surface area contributed by atoms with E-state index in [9.17, 15) is 14.9 Å². The Morgan fingerprint density at radius 1 is 1.24 bits per heavy atom. The average Bonchev–Trinajstić information content (AvgIpc) is 2.62. The number of nitrogens with one attached hydrogen (secondary N) is 1. The van der Waals surface area contributed by atoms with Crippen molar-refractivity contribution in [2.45, 2.75) is 6.92 Å². The predicted molar refractivity (Wildman–Crippen MR) is 95.7 cm³/mol. The van der Waals surface area contributed by atoms with Crippen molar-refractivity contribution in [3.63, 3.8) is 0 Å². The van der Waals surface area contributed by atoms with Gasteiger partial charge in [0.25, 0.3) is 11.6 Å². The summed E-state index contributed by atoms with van der Waals surface area (Å²) in [6.07, 6.45) is 4.41. The van der Waals surface area contributed by atoms with Crippen LogP contribution in [-0.2, 0) is 0 Å². The van der Waals surface area contributed by atoms with Crippen LogP contribution in [0.3, 0.4) is 0 Å². The van der Waals surface area contributed by atoms with Crippen LogP contribution < -0.4 is 10.2 Å². The van der Waals surface area contributed by atoms with E-state index < -0.39 is 4.92 Å². The fourth-order valence-electron chi connectivity index (χ4n) is 2.01. The second-order valence-corrected chi connectivity index (χ2v) is 4.85. The summed E-state index contributed by atoms with van der Waals surface area (Å²) in [4.78, 5) is 22.4. The number of carbonyl (C=O) groups excluding carboxylic acids is 1. The molecule has 0 bridgehead atoms. The van der Waals surface area contributed by atoms with Crippen molar-refractivity contribution in [3.05, 3.63) is 75.8 Å². The van der Waals surface area contributed by atoms with Crippen molar-refractivity contribution in [1.82, 2.24) is 5.43 Å². The van der Waals surface area contributed by atoms with Gasteiger partial charge in [0.1, 0.15) is 5.75 Å². The first-order chi connectivity index (χ1) is 12.1. The molecule has 128 valence electrons. The summed E-state index contributed by atoms with van der Waals surface area (Å²) < 4.78 is 5.30. The highest BCUT2D eigenvalue weighted by molar-refractivity contribution is 5.94. The van der Waals surface area contributed by atoms with Gasteiger partial charge in [0.05, 0.1) is 17.1 Å². The molecular formula is C18H17N3O4. The molecule has 0 atom stereocenters. The minimum atomic E-state index is -0.454. The third-order valence-electron chi connectivity index (χ3n) is 3.16. The number of hydrazone groups is 1. The van der Waals surface area contributed by atoms with E-state index in [1.54, 1.807) is 48.5 Å². The van der Waals surface area contributed by atoms with Gasteiger partial charge in [-0.3, -0.25) is 14.9 Å². The molecule has 2 rings (SSSR count). The maximum atomic E-state index is 11.9. The number of para-hydroxylation sites is 1. The highest BCUT2D eigenvalue weighted by atomic mass is 16.6. The molecule has 0 spiro atoms. The lowest BCUT2D eigenvalue weighted by atomic mass is 10.2. The van der Waals surface area contributed by atoms with E-state index in [0.717, 1.165) is 0 Å². The molecule has 0 aliphatic rings. The van der Waals surface area contributed by atoms with Crippen LogP contribution in [0.15, 0.2) is 59.7 Å². The molecular weight excluding hydrogens is 322 g/mol. The Morgan fingerprint density at radius 3 is 2.64 bits per heavy atom. The van der Waals surface area contributed by atoms with Gasteiger partial charge in [-0.2, -0.15) is 5.10 Å². The van der Waals surface area contributed by atoms with Crippen LogP contribution in [0, 0.1) is 10.1 Å². The summed E-state index contributed by atoms with van der Waals surface area (Å²) in [5.41, 5.74) is 3.29. The summed E-state index contributed by atoms with van der Waals surface area (Å²) in [5.74, 6) is 0.327. The van der Waals surface area contributed by atoms with Gasteiger partial charge in [0.2, 0.25) is 0 Å². The molecule has 1 N–H and O–H groups in total. The summed E-state index contributed by atoms with van der Waals surface area (Å²) in [7, 11) is 0. The molecule has 0 aliphatic carbocycles. The van der Waals surface area contributed by atoms with Gasteiger partial charge in [-0.05, 0) is 49.4 Å². The second-order valence-electron chi connectivity index (χ2n) is 4.85. The first kappa shape index (κ1) is 17.9. The number of hydrogen-bond donors (Lipinski definition) is 1. The molecule has 25 heavy (non-hydrogen) atoms. The average molecular weight is 339 g/mol. The Kier molecular flexibility index (Phi) is 6.41. The van der Waals surface area contributed by atoms with E-state index in [-0.39, 0.29) is 11.6 Å². The highest BCUT2D eigenvalue weighted by Gasteiger charge is 2.08. The second kappa shape index (κ2) is 8.97. The Labute approximate surface area is 144 Å². The fraction of sp³-hybridized carbons (Fsp3) is 0.111. The standard InChI is InChI=1S/C18H17N3O4/c1-2-25-16-11-9-15(10-12-16)18(22)20-19-13-5-7-14-6-3-4-8-17(14)21(23)24/h3-13H,2H2,1H3,(H,20,22)/b7-5+,19-13+. The van der Waals surface area contributed by atoms with E-state index in [1.165, 1.54) is 18.4 Å². The molecule has 7 heteroatoms. The van der Waals surface area contributed by atoms with E-state index >= 15 is 0 Å². The zero-order valence-electron chi connectivity index (χ0n) is 13.6. The van der Waals surface area contributed by atoms with Gasteiger partial charge in [-0.1, -0.05) is 12.1 Å². The fourth-order valence-corrected chi connectivity index (χ4v) is 2.01. The zero-order chi connectivity index (χ0) is 18.1. The molecule has 0 heterocycles. The van der Waals surface area contributed by atoms with E-state index in [4.69, 9.17) is 4.74 Å². The van der Waals surface area contributed by atoms with Gasteiger partial charge >= 0.3 is 0 Å². The van der Waals surface area contributed by atoms with Crippen molar-refractivity contribution < 1.29 is 14.5 Å². The summed E-state index contributed by atoms with van der Waals surface area (Å²) in [6, 6.07) is 13.0. The maximum absolute atomic E-state index is 11.9. The number of rotatable bonds is 7. The molecule has 2 aromatic rings. The monoisotopic (exact) mass is 339 g/mol. The van der Waals surface area contributed by atoms with E-state index in [1.807, 2.05) is 6.92 Å². The molecule has 0 saturated heterocycles. The Bertz CT molecular complexity index is 798. The number of nitro groups is 1. The Balaban J connectivity index is 1.92. The number of nitrogens with zero attached hydrogens (tertiary/aromatic N) is 2. The normalized spacial score (nSPS) is 10.9. The van der Waals surface area contributed by atoms with Gasteiger partial charge in [-0.15, -0.1) is 0 Å². The molecule has 0 aromatic heterocycles. The van der Waals surface area contributed by atoms with Gasteiger partial charge in [-0.25, -0.2) is 5.43 Å². The first-order valence-electron chi connectivity index (χ1n) is 7.58. The molecule has 1 amide bonds. The summed E-state index contributed by atoms with van der Waals surface area (Å²) in [6.45, 7) is 2.44. The summed E-state index contributed by atoms with van der Waals surface area (Å²) >= 11 is 0. The minimum Gasteiger partial charge on any atom is -0.494 e. The van der Waals surface area contributed by atoms with Gasteiger partial charge in [0, 0.05) is 17.8 Å². The van der Waals surface area contributed by atoms with Gasteiger partial charge in [0.15, 0.2) is 0 Å². The highest BCUT2D eigenvalue weighted by Crippen LogP contribution is 2.18. The Morgan fingerprint density at radius 2 is 1.96 bits per heavy atom. The van der Waals surface area contributed by atoms with Crippen molar-refractivity contribution in [3.8, 4) is 5.75 Å². The smallest absolute Gasteiger partial charge is 0.276 e. The third kappa shape index (κ3) is 5.28. The predicted octanol–water partition coefficient (Wildman–Crippen LogP) is 3.42. The van der Waals surface area contributed by atoms with Crippen LogP contribution >= 0.6 is 0 Å². The first-order valence-corrected chi connectivity index (χ1v) is 7.58. The number of carbonyl (C=O) groups is 1. The van der Waals surface area contributed by atoms with Crippen LogP contribution in [0.25, 0.3) is 6.08 Å². The van der Waals surface area contributed by atoms with Crippen molar-refractivity contribution in [2.24, 2.45) is 5.10 Å². The molecule has 7 nitrogen and oxygen atoms in total. The van der Waals surface area contributed by atoms with Crippen molar-refractivity contribution in [1.29, 1.82) is 0 Å². The topological polar surface area (TPSA) is 93.8 Å². The lowest BCUT2D eigenvalue weighted by Crippen LogP contribution is -2.17. The van der Waals surface area contributed by atoms with Crippen LogP contribution in [0.4, 0.5) is 5.69 Å². The lowest BCUT2D eigenvalue weighted by molar-refractivity contribution is -0.385. The molecule has 0 aliphatic heterocycles. The molecule has 0 radical (unpaired) electrons. The maximum Gasteiger partial charge on any atom is 0.276 e. The number of amides is 1. The number of ether oxygens (including phenoxy) is 1. The number of allylic oxidation sites excluding steroid dienone is 1. The number of nitro benzene ring substituents is 1. The summed E-state index contributed by atoms with van der Waals surface area (Å²) in [5, 5.41) is 14.7. The third-order valence-corrected chi connectivity index (χ3v) is 3.16. The van der Waals surface area contributed by atoms with E-state index in [2.05, 4.69) is 10.5 Å². The van der Waals surface area contributed by atoms with Crippen LogP contribution in [-0.4, -0.2) is 23.7 Å². The zero-order valence-corrected chi connectivity index (χ0v) is 13.6. The SMILES string of the molecule is CCOc1ccc(C(=O)N/N=C/C=C/c2ccccc2[N+](=O)[O-])cc1. The number of hydrogen-bond acceptors (Lipinski definition) is 5. The minimum absolute atomic E-state index is 0.00516. The van der Waals surface area contributed by atoms with E-state index in [0.29, 0.717) is 23.5 Å². The largest absolute Gasteiger partial charge is 0.494 e. The quantitative estimate of drug-likeness (QED) is 0.475. The van der Waals surface area contributed by atoms with Crippen LogP contribution in [0.1, 0.15) is 22.8 Å². The van der Waals surface area contributed by atoms with Crippen LogP contribution in [0.5, 0.6) is 5.75 Å². The van der Waals surface area contributed by atoms with Crippen LogP contribution in [0.2, 0.25) is 0 Å². The van der Waals surface area contributed by atoms with Gasteiger partial charge < -0.3 is 4.74 Å². The molecule has 2 aromatic carbocycles. The number of benzene rings is 2. The molecule has 0 unspecified atom stereocenters. The Hall–Kier alpha value is -3.48. The molecule has 0 fully saturated rings. The van der Waals surface area contributed by atoms with Crippen molar-refractivity contribution >= 4 is 23.9 Å². The molecule has 0 saturated carbocycles.